The Morgan fingerprint density at radius 2 is 2.00 bits per heavy atom. The SMILES string of the molecule is Cc1ccccc1-n1c(SCCCC(=O)c2cccs2)nnc1N1CCOCC1. The number of anilines is 1. The van der Waals surface area contributed by atoms with E-state index in [9.17, 15) is 4.79 Å². The molecule has 1 aliphatic heterocycles. The number of para-hydroxylation sites is 1. The van der Waals surface area contributed by atoms with E-state index in [1.165, 1.54) is 16.9 Å². The molecule has 0 aliphatic carbocycles. The van der Waals surface area contributed by atoms with Crippen molar-refractivity contribution in [2.24, 2.45) is 0 Å². The Bertz CT molecular complexity index is 950. The number of aromatic nitrogens is 3. The molecule has 1 fully saturated rings. The number of hydrogen-bond donors (Lipinski definition) is 0. The molecular formula is C21H24N4O2S2. The number of rotatable bonds is 8. The van der Waals surface area contributed by atoms with E-state index < -0.39 is 0 Å². The average Bonchev–Trinajstić information content (AvgIpc) is 3.42. The summed E-state index contributed by atoms with van der Waals surface area (Å²) in [7, 11) is 0. The molecule has 8 heteroatoms. The van der Waals surface area contributed by atoms with Gasteiger partial charge in [-0.05, 0) is 36.4 Å². The number of thiophene rings is 1. The van der Waals surface area contributed by atoms with Crippen molar-refractivity contribution < 1.29 is 9.53 Å². The van der Waals surface area contributed by atoms with Gasteiger partial charge >= 0.3 is 0 Å². The van der Waals surface area contributed by atoms with Crippen molar-refractivity contribution in [3.63, 3.8) is 0 Å². The minimum atomic E-state index is 0.218. The van der Waals surface area contributed by atoms with E-state index in [4.69, 9.17) is 4.74 Å². The summed E-state index contributed by atoms with van der Waals surface area (Å²) in [5.41, 5.74) is 2.27. The summed E-state index contributed by atoms with van der Waals surface area (Å²) < 4.78 is 7.64. The molecule has 1 aromatic carbocycles. The smallest absolute Gasteiger partial charge is 0.232 e. The van der Waals surface area contributed by atoms with Crippen LogP contribution in [0.2, 0.25) is 0 Å². The highest BCUT2D eigenvalue weighted by Gasteiger charge is 2.22. The average molecular weight is 429 g/mol. The molecule has 1 saturated heterocycles. The third kappa shape index (κ3) is 4.71. The number of carbonyl (C=O) groups excluding carboxylic acids is 1. The highest BCUT2D eigenvalue weighted by molar-refractivity contribution is 7.99. The summed E-state index contributed by atoms with van der Waals surface area (Å²) >= 11 is 3.16. The van der Waals surface area contributed by atoms with Crippen LogP contribution in [0.3, 0.4) is 0 Å². The van der Waals surface area contributed by atoms with Crippen LogP contribution < -0.4 is 4.90 Å². The van der Waals surface area contributed by atoms with Crippen LogP contribution in [0.5, 0.6) is 0 Å². The maximum absolute atomic E-state index is 12.2. The van der Waals surface area contributed by atoms with E-state index in [0.29, 0.717) is 19.6 Å². The van der Waals surface area contributed by atoms with E-state index in [1.54, 1.807) is 11.8 Å². The number of morpholine rings is 1. The van der Waals surface area contributed by atoms with Crippen LogP contribution in [-0.4, -0.2) is 52.6 Å². The van der Waals surface area contributed by atoms with Gasteiger partial charge in [0.2, 0.25) is 5.95 Å². The zero-order valence-electron chi connectivity index (χ0n) is 16.4. The Kier molecular flexibility index (Phi) is 6.63. The molecule has 0 amide bonds. The summed E-state index contributed by atoms with van der Waals surface area (Å²) in [6.07, 6.45) is 1.37. The lowest BCUT2D eigenvalue weighted by Gasteiger charge is -2.28. The Morgan fingerprint density at radius 3 is 2.76 bits per heavy atom. The van der Waals surface area contributed by atoms with E-state index in [0.717, 1.165) is 46.9 Å². The van der Waals surface area contributed by atoms with Crippen molar-refractivity contribution in [1.29, 1.82) is 0 Å². The molecule has 0 atom stereocenters. The predicted molar refractivity (Wildman–Crippen MR) is 118 cm³/mol. The monoisotopic (exact) mass is 428 g/mol. The Labute approximate surface area is 178 Å². The summed E-state index contributed by atoms with van der Waals surface area (Å²) in [5.74, 6) is 1.90. The van der Waals surface area contributed by atoms with Gasteiger partial charge in [0.1, 0.15) is 0 Å². The fourth-order valence-electron chi connectivity index (χ4n) is 3.31. The lowest BCUT2D eigenvalue weighted by atomic mass is 10.2. The first-order valence-electron chi connectivity index (χ1n) is 9.77. The van der Waals surface area contributed by atoms with Crippen LogP contribution in [0.4, 0.5) is 5.95 Å². The highest BCUT2D eigenvalue weighted by atomic mass is 32.2. The first-order chi connectivity index (χ1) is 14.2. The molecule has 6 nitrogen and oxygen atoms in total. The van der Waals surface area contributed by atoms with Gasteiger partial charge in [-0.15, -0.1) is 21.5 Å². The number of Topliss-reactive ketones (excluding diaryl/α,β-unsaturated/α-hetero) is 1. The van der Waals surface area contributed by atoms with Gasteiger partial charge in [0.15, 0.2) is 10.9 Å². The van der Waals surface area contributed by atoms with Crippen molar-refractivity contribution in [3.05, 3.63) is 52.2 Å². The number of hydrogen-bond acceptors (Lipinski definition) is 7. The topological polar surface area (TPSA) is 60.2 Å². The molecule has 0 N–H and O–H groups in total. The quantitative estimate of drug-likeness (QED) is 0.304. The largest absolute Gasteiger partial charge is 0.378 e. The maximum atomic E-state index is 12.2. The molecule has 0 spiro atoms. The number of carbonyl (C=O) groups is 1. The van der Waals surface area contributed by atoms with E-state index in [1.807, 2.05) is 29.6 Å². The molecule has 2 aromatic heterocycles. The van der Waals surface area contributed by atoms with Gasteiger partial charge in [0, 0.05) is 25.3 Å². The summed E-state index contributed by atoms with van der Waals surface area (Å²) in [4.78, 5) is 15.3. The highest BCUT2D eigenvalue weighted by Crippen LogP contribution is 2.29. The molecule has 0 saturated carbocycles. The number of aryl methyl sites for hydroxylation is 1. The first kappa shape index (κ1) is 20.1. The van der Waals surface area contributed by atoms with Gasteiger partial charge < -0.3 is 9.64 Å². The zero-order chi connectivity index (χ0) is 20.1. The van der Waals surface area contributed by atoms with Gasteiger partial charge in [-0.25, -0.2) is 0 Å². The first-order valence-corrected chi connectivity index (χ1v) is 11.6. The molecule has 0 radical (unpaired) electrons. The third-order valence-electron chi connectivity index (χ3n) is 4.84. The standard InChI is InChI=1S/C21H24N4O2S2/c1-16-6-2-3-7-17(16)25-20(24-10-12-27-13-11-24)22-23-21(25)29-15-4-8-18(26)19-9-5-14-28-19/h2-3,5-7,9,14H,4,8,10-13,15H2,1H3. The fourth-order valence-corrected chi connectivity index (χ4v) is 4.88. The number of thioether (sulfide) groups is 1. The van der Waals surface area contributed by atoms with E-state index in [-0.39, 0.29) is 5.78 Å². The number of ketones is 1. The van der Waals surface area contributed by atoms with Crippen molar-refractivity contribution in [3.8, 4) is 5.69 Å². The number of nitrogens with zero attached hydrogens (tertiary/aromatic N) is 4. The minimum Gasteiger partial charge on any atom is -0.378 e. The van der Waals surface area contributed by atoms with Crippen molar-refractivity contribution in [2.45, 2.75) is 24.9 Å². The molecule has 29 heavy (non-hydrogen) atoms. The minimum absolute atomic E-state index is 0.218. The molecule has 3 aromatic rings. The third-order valence-corrected chi connectivity index (χ3v) is 6.77. The van der Waals surface area contributed by atoms with Gasteiger partial charge in [-0.1, -0.05) is 36.0 Å². The molecule has 0 unspecified atom stereocenters. The molecule has 152 valence electrons. The van der Waals surface area contributed by atoms with Crippen LogP contribution in [0.25, 0.3) is 5.69 Å². The van der Waals surface area contributed by atoms with Gasteiger partial charge in [0.25, 0.3) is 0 Å². The maximum Gasteiger partial charge on any atom is 0.232 e. The van der Waals surface area contributed by atoms with Gasteiger partial charge in [0.05, 0.1) is 23.8 Å². The summed E-state index contributed by atoms with van der Waals surface area (Å²) in [6.45, 7) is 5.13. The Morgan fingerprint density at radius 1 is 1.17 bits per heavy atom. The van der Waals surface area contributed by atoms with Gasteiger partial charge in [-0.3, -0.25) is 9.36 Å². The second-order valence-corrected chi connectivity index (χ2v) is 8.87. The summed E-state index contributed by atoms with van der Waals surface area (Å²) in [6, 6.07) is 12.1. The lowest BCUT2D eigenvalue weighted by Crippen LogP contribution is -2.38. The van der Waals surface area contributed by atoms with Crippen molar-refractivity contribution >= 4 is 34.8 Å². The number of ether oxygens (including phenoxy) is 1. The van der Waals surface area contributed by atoms with E-state index >= 15 is 0 Å². The van der Waals surface area contributed by atoms with Crippen LogP contribution >= 0.6 is 23.1 Å². The predicted octanol–water partition coefficient (Wildman–Crippen LogP) is 4.23. The van der Waals surface area contributed by atoms with Crippen LogP contribution in [0.15, 0.2) is 46.9 Å². The van der Waals surface area contributed by atoms with E-state index in [2.05, 4.69) is 38.7 Å². The molecule has 4 rings (SSSR count). The van der Waals surface area contributed by atoms with Crippen LogP contribution in [0.1, 0.15) is 28.1 Å². The Hall–Kier alpha value is -2.16. The van der Waals surface area contributed by atoms with Crippen molar-refractivity contribution in [2.75, 3.05) is 37.0 Å². The van der Waals surface area contributed by atoms with Crippen molar-refractivity contribution in [1.82, 2.24) is 14.8 Å². The zero-order valence-corrected chi connectivity index (χ0v) is 18.0. The molecule has 1 aliphatic rings. The van der Waals surface area contributed by atoms with Crippen LogP contribution in [-0.2, 0) is 4.74 Å². The van der Waals surface area contributed by atoms with Gasteiger partial charge in [-0.2, -0.15) is 0 Å². The number of benzene rings is 1. The fraction of sp³-hybridized carbons (Fsp3) is 0.381. The van der Waals surface area contributed by atoms with Crippen LogP contribution in [0, 0.1) is 6.92 Å². The Balaban J connectivity index is 1.49. The second-order valence-electron chi connectivity index (χ2n) is 6.86. The second kappa shape index (κ2) is 9.56. The normalized spacial score (nSPS) is 14.3. The molecular weight excluding hydrogens is 404 g/mol. The molecule has 3 heterocycles. The summed E-state index contributed by atoms with van der Waals surface area (Å²) in [5, 5.41) is 11.8. The molecule has 0 bridgehead atoms. The lowest BCUT2D eigenvalue weighted by molar-refractivity contribution is 0.0986.